The number of carbonyl (C=O) groups excluding carboxylic acids is 1. The van der Waals surface area contributed by atoms with Gasteiger partial charge in [-0.15, -0.1) is 0 Å². The number of carbonyl (C=O) groups is 1. The second-order valence-electron chi connectivity index (χ2n) is 5.98. The number of sulfonamides is 1. The number of nitrogens with one attached hydrogen (secondary N) is 1. The molecule has 1 aliphatic rings. The van der Waals surface area contributed by atoms with Crippen molar-refractivity contribution in [1.29, 1.82) is 0 Å². The van der Waals surface area contributed by atoms with Crippen LogP contribution in [0, 0.1) is 0 Å². The van der Waals surface area contributed by atoms with Crippen LogP contribution in [0.3, 0.4) is 0 Å². The second kappa shape index (κ2) is 7.47. The Morgan fingerprint density at radius 2 is 1.71 bits per heavy atom. The highest BCUT2D eigenvalue weighted by Crippen LogP contribution is 2.37. The van der Waals surface area contributed by atoms with E-state index < -0.39 is 15.9 Å². The topological polar surface area (TPSA) is 103 Å². The molecule has 1 N–H and O–H groups in total. The molecule has 0 radical (unpaired) electrons. The van der Waals surface area contributed by atoms with E-state index in [1.807, 2.05) is 0 Å². The van der Waals surface area contributed by atoms with Gasteiger partial charge in [0.25, 0.3) is 5.91 Å². The summed E-state index contributed by atoms with van der Waals surface area (Å²) in [6.45, 7) is 0.117. The van der Waals surface area contributed by atoms with Gasteiger partial charge in [0.15, 0.2) is 23.0 Å². The van der Waals surface area contributed by atoms with Crippen LogP contribution in [-0.2, 0) is 10.0 Å². The maximum Gasteiger partial charge on any atom is 0.257 e. The van der Waals surface area contributed by atoms with Gasteiger partial charge in [0.05, 0.1) is 31.7 Å². The molecule has 0 aliphatic carbocycles. The molecule has 0 spiro atoms. The minimum absolute atomic E-state index is 0.100. The number of nitrogens with zero attached hydrogens (tertiary/aromatic N) is 1. The van der Waals surface area contributed by atoms with Gasteiger partial charge in [-0.1, -0.05) is 0 Å². The molecule has 2 aromatic rings. The van der Waals surface area contributed by atoms with E-state index in [9.17, 15) is 13.2 Å². The lowest BCUT2D eigenvalue weighted by molar-refractivity contribution is 0.102. The Bertz CT molecular complexity index is 1020. The van der Waals surface area contributed by atoms with Crippen molar-refractivity contribution in [2.75, 3.05) is 43.9 Å². The summed E-state index contributed by atoms with van der Waals surface area (Å²) in [5.41, 5.74) is 0.721. The summed E-state index contributed by atoms with van der Waals surface area (Å²) in [4.78, 5) is 12.9. The molecule has 2 aromatic carbocycles. The number of benzene rings is 2. The van der Waals surface area contributed by atoms with Crippen LogP contribution in [0.5, 0.6) is 23.0 Å². The number of anilines is 2. The highest BCUT2D eigenvalue weighted by atomic mass is 32.2. The fourth-order valence-electron chi connectivity index (χ4n) is 2.66. The number of methoxy groups -OCH3 is 2. The molecule has 28 heavy (non-hydrogen) atoms. The molecule has 0 saturated heterocycles. The largest absolute Gasteiger partial charge is 0.493 e. The highest BCUT2D eigenvalue weighted by molar-refractivity contribution is 7.92. The Morgan fingerprint density at radius 3 is 2.36 bits per heavy atom. The van der Waals surface area contributed by atoms with Crippen molar-refractivity contribution in [2.45, 2.75) is 0 Å². The number of rotatable bonds is 6. The van der Waals surface area contributed by atoms with Crippen molar-refractivity contribution in [3.05, 3.63) is 35.9 Å². The number of fused-ring (bicyclic) bond motifs is 1. The zero-order chi connectivity index (χ0) is 20.5. The Labute approximate surface area is 162 Å². The number of ether oxygens (including phenoxy) is 4. The van der Waals surface area contributed by atoms with Gasteiger partial charge in [-0.25, -0.2) is 8.42 Å². The Hall–Kier alpha value is -3.14. The van der Waals surface area contributed by atoms with Gasteiger partial charge in [-0.2, -0.15) is 0 Å². The molecule has 1 amide bonds. The first-order valence-electron chi connectivity index (χ1n) is 8.15. The lowest BCUT2D eigenvalue weighted by atomic mass is 10.1. The maximum absolute atomic E-state index is 12.9. The fourth-order valence-corrected chi connectivity index (χ4v) is 3.17. The molecule has 1 heterocycles. The standard InChI is InChI=1S/C18H20N2O7S/c1-20(28(4,22)23)13-9-16(25-3)15(24-2)8-12(13)18(21)19-11-5-6-14-17(7-11)27-10-26-14/h5-9H,10H2,1-4H3,(H,19,21). The van der Waals surface area contributed by atoms with E-state index in [1.54, 1.807) is 18.2 Å². The monoisotopic (exact) mass is 408 g/mol. The average Bonchev–Trinajstić information content (AvgIpc) is 3.13. The molecule has 3 rings (SSSR count). The van der Waals surface area contributed by atoms with Crippen molar-refractivity contribution < 1.29 is 32.2 Å². The Morgan fingerprint density at radius 1 is 1.07 bits per heavy atom. The summed E-state index contributed by atoms with van der Waals surface area (Å²) < 4.78 is 46.1. The molecule has 0 unspecified atom stereocenters. The van der Waals surface area contributed by atoms with Crippen molar-refractivity contribution >= 4 is 27.3 Å². The molecule has 9 nitrogen and oxygen atoms in total. The van der Waals surface area contributed by atoms with E-state index in [0.717, 1.165) is 10.6 Å². The van der Waals surface area contributed by atoms with E-state index in [0.29, 0.717) is 28.7 Å². The molecule has 0 bridgehead atoms. The van der Waals surface area contributed by atoms with Gasteiger partial charge in [0.2, 0.25) is 16.8 Å². The van der Waals surface area contributed by atoms with E-state index in [-0.39, 0.29) is 18.0 Å². The molecular weight excluding hydrogens is 388 g/mol. The smallest absolute Gasteiger partial charge is 0.257 e. The van der Waals surface area contributed by atoms with Crippen LogP contribution >= 0.6 is 0 Å². The first-order chi connectivity index (χ1) is 13.2. The van der Waals surface area contributed by atoms with Gasteiger partial charge in [-0.05, 0) is 18.2 Å². The second-order valence-corrected chi connectivity index (χ2v) is 7.99. The van der Waals surface area contributed by atoms with Crippen molar-refractivity contribution in [2.24, 2.45) is 0 Å². The quantitative estimate of drug-likeness (QED) is 0.780. The van der Waals surface area contributed by atoms with Gasteiger partial charge < -0.3 is 24.3 Å². The van der Waals surface area contributed by atoms with Crippen molar-refractivity contribution in [3.8, 4) is 23.0 Å². The minimum Gasteiger partial charge on any atom is -0.493 e. The lowest BCUT2D eigenvalue weighted by Gasteiger charge is -2.22. The zero-order valence-corrected chi connectivity index (χ0v) is 16.6. The predicted molar refractivity (Wildman–Crippen MR) is 103 cm³/mol. The molecule has 0 atom stereocenters. The Kier molecular flexibility index (Phi) is 5.23. The van der Waals surface area contributed by atoms with Crippen molar-refractivity contribution in [1.82, 2.24) is 0 Å². The van der Waals surface area contributed by atoms with Crippen LogP contribution in [0.25, 0.3) is 0 Å². The third-order valence-corrected chi connectivity index (χ3v) is 5.41. The normalized spacial score (nSPS) is 12.4. The number of hydrogen-bond acceptors (Lipinski definition) is 7. The lowest BCUT2D eigenvalue weighted by Crippen LogP contribution is -2.28. The average molecular weight is 408 g/mol. The summed E-state index contributed by atoms with van der Waals surface area (Å²) in [5.74, 6) is 1.17. The molecule has 1 aliphatic heterocycles. The van der Waals surface area contributed by atoms with Crippen molar-refractivity contribution in [3.63, 3.8) is 0 Å². The fraction of sp³-hybridized carbons (Fsp3) is 0.278. The van der Waals surface area contributed by atoms with Crippen LogP contribution in [0.2, 0.25) is 0 Å². The summed E-state index contributed by atoms with van der Waals surface area (Å²) in [5, 5.41) is 2.73. The van der Waals surface area contributed by atoms with Crippen LogP contribution in [0.1, 0.15) is 10.4 Å². The molecule has 0 saturated carbocycles. The van der Waals surface area contributed by atoms with E-state index in [1.165, 1.54) is 33.4 Å². The van der Waals surface area contributed by atoms with E-state index in [2.05, 4.69) is 5.32 Å². The first kappa shape index (κ1) is 19.6. The van der Waals surface area contributed by atoms with Crippen LogP contribution < -0.4 is 28.6 Å². The highest BCUT2D eigenvalue weighted by Gasteiger charge is 2.24. The summed E-state index contributed by atoms with van der Waals surface area (Å²) in [6, 6.07) is 7.83. The summed E-state index contributed by atoms with van der Waals surface area (Å²) in [7, 11) is 0.591. The van der Waals surface area contributed by atoms with E-state index in [4.69, 9.17) is 18.9 Å². The van der Waals surface area contributed by atoms with Gasteiger partial charge in [0.1, 0.15) is 0 Å². The van der Waals surface area contributed by atoms with Gasteiger partial charge in [0, 0.05) is 24.9 Å². The molecule has 0 fully saturated rings. The SMILES string of the molecule is COc1cc(C(=O)Nc2ccc3c(c2)OCO3)c(N(C)S(C)(=O)=O)cc1OC. The third-order valence-electron chi connectivity index (χ3n) is 4.21. The van der Waals surface area contributed by atoms with Crippen LogP contribution in [-0.4, -0.2) is 48.6 Å². The Balaban J connectivity index is 2.02. The number of hydrogen-bond donors (Lipinski definition) is 1. The molecule has 0 aromatic heterocycles. The van der Waals surface area contributed by atoms with Crippen LogP contribution in [0.4, 0.5) is 11.4 Å². The maximum atomic E-state index is 12.9. The molecule has 10 heteroatoms. The van der Waals surface area contributed by atoms with Gasteiger partial charge >= 0.3 is 0 Å². The van der Waals surface area contributed by atoms with E-state index >= 15 is 0 Å². The third kappa shape index (κ3) is 3.77. The summed E-state index contributed by atoms with van der Waals surface area (Å²) in [6.07, 6.45) is 1.04. The predicted octanol–water partition coefficient (Wildman–Crippen LogP) is 2.08. The minimum atomic E-state index is -3.62. The zero-order valence-electron chi connectivity index (χ0n) is 15.8. The molecule has 150 valence electrons. The first-order valence-corrected chi connectivity index (χ1v) is 10.0. The van der Waals surface area contributed by atoms with Gasteiger partial charge in [-0.3, -0.25) is 9.10 Å². The molecular formula is C18H20N2O7S. The summed E-state index contributed by atoms with van der Waals surface area (Å²) >= 11 is 0. The number of amides is 1. The van der Waals surface area contributed by atoms with Crippen LogP contribution in [0.15, 0.2) is 30.3 Å².